The molecular weight excluding hydrogens is 146 g/mol. The molecule has 0 spiro atoms. The largest absolute Gasteiger partial charge is 0.480 e. The number of carbonyl (C=O) groups is 1. The molecule has 3 N–H and O–H groups in total. The number of aliphatic hydroxyl groups excluding tert-OH is 1. The zero-order valence-electron chi connectivity index (χ0n) is 6.08. The van der Waals surface area contributed by atoms with Crippen molar-refractivity contribution in [2.75, 3.05) is 6.61 Å². The van der Waals surface area contributed by atoms with E-state index in [1.54, 1.807) is 0 Å². The first-order chi connectivity index (χ1) is 5.18. The second kappa shape index (κ2) is 1.95. The van der Waals surface area contributed by atoms with Crippen LogP contribution in [0.3, 0.4) is 0 Å². The maximum absolute atomic E-state index is 10.5. The van der Waals surface area contributed by atoms with Crippen molar-refractivity contribution in [1.82, 2.24) is 5.32 Å². The monoisotopic (exact) mass is 157 g/mol. The molecular formula is C7H11NO3. The second-order valence-electron chi connectivity index (χ2n) is 3.54. The molecule has 1 aliphatic carbocycles. The predicted molar refractivity (Wildman–Crippen MR) is 37.1 cm³/mol. The van der Waals surface area contributed by atoms with E-state index in [2.05, 4.69) is 5.32 Å². The number of aliphatic hydroxyl groups is 1. The Balaban J connectivity index is 2.02. The number of hydrogen-bond acceptors (Lipinski definition) is 3. The van der Waals surface area contributed by atoms with Gasteiger partial charge >= 0.3 is 5.97 Å². The maximum atomic E-state index is 10.5. The average Bonchev–Trinajstić information content (AvgIpc) is 2.55. The predicted octanol–water partition coefficient (Wildman–Crippen LogP) is -0.816. The molecule has 11 heavy (non-hydrogen) atoms. The molecule has 0 amide bonds. The number of carboxylic acids is 1. The normalized spacial score (nSPS) is 47.0. The summed E-state index contributed by atoms with van der Waals surface area (Å²) in [6.07, 6.45) is 1.52. The number of piperidine rings is 1. The van der Waals surface area contributed by atoms with Crippen molar-refractivity contribution in [2.45, 2.75) is 24.9 Å². The van der Waals surface area contributed by atoms with E-state index in [1.165, 1.54) is 0 Å². The van der Waals surface area contributed by atoms with Crippen molar-refractivity contribution >= 4 is 5.97 Å². The number of hydrogen-bond donors (Lipinski definition) is 3. The summed E-state index contributed by atoms with van der Waals surface area (Å²) in [7, 11) is 0. The zero-order valence-corrected chi connectivity index (χ0v) is 6.08. The van der Waals surface area contributed by atoms with Crippen LogP contribution in [0.25, 0.3) is 0 Å². The molecule has 4 nitrogen and oxygen atoms in total. The molecule has 62 valence electrons. The fourth-order valence-corrected chi connectivity index (χ4v) is 1.92. The van der Waals surface area contributed by atoms with E-state index >= 15 is 0 Å². The topological polar surface area (TPSA) is 69.6 Å². The Morgan fingerprint density at radius 2 is 2.36 bits per heavy atom. The summed E-state index contributed by atoms with van der Waals surface area (Å²) in [5.41, 5.74) is -0.0803. The molecule has 1 saturated carbocycles. The molecule has 0 aromatic rings. The molecule has 0 aromatic carbocycles. The number of aliphatic carboxylic acids is 1. The van der Waals surface area contributed by atoms with Crippen molar-refractivity contribution in [3.8, 4) is 0 Å². The second-order valence-corrected chi connectivity index (χ2v) is 3.54. The van der Waals surface area contributed by atoms with Gasteiger partial charge in [-0.1, -0.05) is 0 Å². The smallest absolute Gasteiger partial charge is 0.320 e. The fraction of sp³-hybridized carbons (Fsp3) is 0.857. The lowest BCUT2D eigenvalue weighted by Crippen LogP contribution is -2.33. The average molecular weight is 157 g/mol. The summed E-state index contributed by atoms with van der Waals surface area (Å²) >= 11 is 0. The third-order valence-electron chi connectivity index (χ3n) is 2.82. The molecule has 1 heterocycles. The van der Waals surface area contributed by atoms with E-state index in [0.717, 1.165) is 6.42 Å². The van der Waals surface area contributed by atoms with Crippen LogP contribution in [-0.2, 0) is 4.79 Å². The van der Waals surface area contributed by atoms with E-state index in [0.29, 0.717) is 6.42 Å². The highest BCUT2D eigenvalue weighted by Crippen LogP contribution is 2.53. The third-order valence-corrected chi connectivity index (χ3v) is 2.82. The lowest BCUT2D eigenvalue weighted by molar-refractivity contribution is -0.139. The van der Waals surface area contributed by atoms with Gasteiger partial charge in [0.25, 0.3) is 0 Å². The van der Waals surface area contributed by atoms with Crippen molar-refractivity contribution in [3.63, 3.8) is 0 Å². The van der Waals surface area contributed by atoms with E-state index in [1.807, 2.05) is 0 Å². The molecule has 3 atom stereocenters. The van der Waals surface area contributed by atoms with Gasteiger partial charge in [-0.2, -0.15) is 0 Å². The minimum atomic E-state index is -0.801. The zero-order chi connectivity index (χ0) is 8.06. The summed E-state index contributed by atoms with van der Waals surface area (Å²) in [5, 5.41) is 20.5. The lowest BCUT2D eigenvalue weighted by Gasteiger charge is -2.09. The van der Waals surface area contributed by atoms with Crippen LogP contribution < -0.4 is 5.32 Å². The Kier molecular flexibility index (Phi) is 1.25. The van der Waals surface area contributed by atoms with Crippen LogP contribution in [0.4, 0.5) is 0 Å². The molecule has 0 aromatic heterocycles. The van der Waals surface area contributed by atoms with Crippen LogP contribution in [0.15, 0.2) is 0 Å². The third kappa shape index (κ3) is 0.862. The number of carboxylic acid groups (broad SMARTS) is 1. The highest BCUT2D eigenvalue weighted by Gasteiger charge is 2.61. The summed E-state index contributed by atoms with van der Waals surface area (Å²) < 4.78 is 0. The van der Waals surface area contributed by atoms with Gasteiger partial charge in [-0.05, 0) is 12.8 Å². The van der Waals surface area contributed by atoms with E-state index in [4.69, 9.17) is 10.2 Å². The lowest BCUT2D eigenvalue weighted by atomic mass is 10.0. The van der Waals surface area contributed by atoms with E-state index in [9.17, 15) is 4.79 Å². The first-order valence-corrected chi connectivity index (χ1v) is 3.78. The molecule has 2 fully saturated rings. The molecule has 4 heteroatoms. The highest BCUT2D eigenvalue weighted by atomic mass is 16.4. The minimum Gasteiger partial charge on any atom is -0.480 e. The number of nitrogens with one attached hydrogen (secondary N) is 1. The molecule has 0 unspecified atom stereocenters. The molecule has 1 saturated heterocycles. The molecule has 2 rings (SSSR count). The van der Waals surface area contributed by atoms with Crippen LogP contribution in [0.2, 0.25) is 0 Å². The van der Waals surface area contributed by atoms with Gasteiger partial charge in [0, 0.05) is 11.5 Å². The van der Waals surface area contributed by atoms with Gasteiger partial charge in [-0.15, -0.1) is 0 Å². The summed E-state index contributed by atoms with van der Waals surface area (Å²) in [6.45, 7) is 0.119. The Morgan fingerprint density at radius 1 is 1.64 bits per heavy atom. The Morgan fingerprint density at radius 3 is 2.73 bits per heavy atom. The van der Waals surface area contributed by atoms with Crippen LogP contribution in [-0.4, -0.2) is 34.9 Å². The van der Waals surface area contributed by atoms with Crippen molar-refractivity contribution in [2.24, 2.45) is 5.41 Å². The Labute approximate surface area is 64.2 Å². The standard InChI is InChI=1S/C7H11NO3/c9-3-7-1-4(6(10)11)8-5(7)2-7/h4-5,8-9H,1-3H2,(H,10,11)/t4-,5+,7-/m0/s1. The van der Waals surface area contributed by atoms with E-state index < -0.39 is 12.0 Å². The van der Waals surface area contributed by atoms with Gasteiger partial charge in [0.15, 0.2) is 0 Å². The molecule has 1 aliphatic heterocycles. The SMILES string of the molecule is O=C(O)[C@@H]1C[C@@]2(CO)C[C@H]2N1. The summed E-state index contributed by atoms with van der Waals surface area (Å²) in [4.78, 5) is 10.5. The Bertz CT molecular complexity index is 202. The number of fused-ring (bicyclic) bond motifs is 1. The Hall–Kier alpha value is -0.610. The van der Waals surface area contributed by atoms with Crippen LogP contribution >= 0.6 is 0 Å². The number of rotatable bonds is 2. The van der Waals surface area contributed by atoms with E-state index in [-0.39, 0.29) is 18.1 Å². The summed E-state index contributed by atoms with van der Waals surface area (Å²) in [5.74, 6) is -0.801. The van der Waals surface area contributed by atoms with Crippen LogP contribution in [0.5, 0.6) is 0 Å². The quantitative estimate of drug-likeness (QED) is 0.490. The van der Waals surface area contributed by atoms with Crippen molar-refractivity contribution in [3.05, 3.63) is 0 Å². The van der Waals surface area contributed by atoms with Gasteiger partial charge in [-0.25, -0.2) is 0 Å². The first-order valence-electron chi connectivity index (χ1n) is 3.78. The fourth-order valence-electron chi connectivity index (χ4n) is 1.92. The highest BCUT2D eigenvalue weighted by molar-refractivity contribution is 5.74. The molecule has 0 bridgehead atoms. The van der Waals surface area contributed by atoms with Gasteiger partial charge < -0.3 is 15.5 Å². The van der Waals surface area contributed by atoms with Crippen molar-refractivity contribution in [1.29, 1.82) is 0 Å². The van der Waals surface area contributed by atoms with Gasteiger partial charge in [0.2, 0.25) is 0 Å². The molecule has 0 radical (unpaired) electrons. The van der Waals surface area contributed by atoms with Crippen molar-refractivity contribution < 1.29 is 15.0 Å². The molecule has 2 aliphatic rings. The maximum Gasteiger partial charge on any atom is 0.320 e. The van der Waals surface area contributed by atoms with Crippen LogP contribution in [0.1, 0.15) is 12.8 Å². The van der Waals surface area contributed by atoms with Gasteiger partial charge in [0.1, 0.15) is 6.04 Å². The minimum absolute atomic E-state index is 0.0803. The summed E-state index contributed by atoms with van der Waals surface area (Å²) in [6, 6.07) is -0.172. The van der Waals surface area contributed by atoms with Crippen LogP contribution in [0, 0.1) is 5.41 Å². The first kappa shape index (κ1) is 7.06. The van der Waals surface area contributed by atoms with Gasteiger partial charge in [-0.3, -0.25) is 4.79 Å². The van der Waals surface area contributed by atoms with Gasteiger partial charge in [0.05, 0.1) is 6.61 Å².